The zero-order valence-electron chi connectivity index (χ0n) is 9.35. The molecular weight excluding hydrogens is 236 g/mol. The van der Waals surface area contributed by atoms with Gasteiger partial charge in [-0.3, -0.25) is 4.55 Å². The fraction of sp³-hybridized carbons (Fsp3) is 0.889. The molecule has 1 N–H and O–H groups in total. The molecule has 0 rings (SSSR count). The van der Waals surface area contributed by atoms with Gasteiger partial charge in [-0.05, 0) is 6.42 Å². The lowest BCUT2D eigenvalue weighted by Crippen LogP contribution is -2.15. The number of carbonyl (C=O) groups excluding carboxylic acids is 1. The third-order valence-electron chi connectivity index (χ3n) is 1.78. The Hall–Kier alpha value is -0.820. The van der Waals surface area contributed by atoms with Crippen molar-refractivity contribution in [1.82, 2.24) is 0 Å². The Morgan fingerprint density at radius 2 is 1.75 bits per heavy atom. The molecule has 0 aliphatic carbocycles. The average Bonchev–Trinajstić information content (AvgIpc) is 2.15. The molecule has 0 fully saturated rings. The number of carbonyl (C=O) groups is 1. The lowest BCUT2D eigenvalue weighted by atomic mass is 10.2. The van der Waals surface area contributed by atoms with Crippen LogP contribution in [-0.2, 0) is 19.6 Å². The summed E-state index contributed by atoms with van der Waals surface area (Å²) in [6.45, 7) is 1.95. The molecule has 0 aliphatic rings. The summed E-state index contributed by atoms with van der Waals surface area (Å²) in [5.41, 5.74) is 0. The van der Waals surface area contributed by atoms with Crippen LogP contribution in [0.15, 0.2) is 0 Å². The SMILES string of the molecule is CCCCCCOC(=O)OCCS(=O)(=O)O. The van der Waals surface area contributed by atoms with Crippen LogP contribution in [0.2, 0.25) is 0 Å². The van der Waals surface area contributed by atoms with Gasteiger partial charge < -0.3 is 9.47 Å². The van der Waals surface area contributed by atoms with Crippen LogP contribution in [0, 0.1) is 0 Å². The van der Waals surface area contributed by atoms with E-state index in [1.807, 2.05) is 0 Å². The monoisotopic (exact) mass is 254 g/mol. The van der Waals surface area contributed by atoms with E-state index in [1.54, 1.807) is 0 Å². The molecule has 6 nitrogen and oxygen atoms in total. The minimum absolute atomic E-state index is 0.269. The van der Waals surface area contributed by atoms with Crippen molar-refractivity contribution in [3.63, 3.8) is 0 Å². The van der Waals surface area contributed by atoms with Gasteiger partial charge in [0.25, 0.3) is 10.1 Å². The van der Waals surface area contributed by atoms with Gasteiger partial charge in [-0.2, -0.15) is 8.42 Å². The summed E-state index contributed by atoms with van der Waals surface area (Å²) in [5, 5.41) is 0. The molecule has 0 aromatic carbocycles. The van der Waals surface area contributed by atoms with Gasteiger partial charge in [0.2, 0.25) is 0 Å². The number of unbranched alkanes of at least 4 members (excludes halogenated alkanes) is 3. The van der Waals surface area contributed by atoms with E-state index in [4.69, 9.17) is 4.55 Å². The predicted octanol–water partition coefficient (Wildman–Crippen LogP) is 1.61. The van der Waals surface area contributed by atoms with Crippen LogP contribution >= 0.6 is 0 Å². The first-order valence-corrected chi connectivity index (χ1v) is 6.81. The van der Waals surface area contributed by atoms with Crippen LogP contribution in [0.1, 0.15) is 32.6 Å². The van der Waals surface area contributed by atoms with Crippen LogP contribution in [0.3, 0.4) is 0 Å². The lowest BCUT2D eigenvalue weighted by Gasteiger charge is -2.04. The van der Waals surface area contributed by atoms with E-state index in [1.165, 1.54) is 0 Å². The maximum absolute atomic E-state index is 10.8. The highest BCUT2D eigenvalue weighted by Gasteiger charge is 2.08. The smallest absolute Gasteiger partial charge is 0.434 e. The molecule has 96 valence electrons. The summed E-state index contributed by atoms with van der Waals surface area (Å²) in [6.07, 6.45) is 3.02. The Balaban J connectivity index is 3.38. The molecule has 7 heteroatoms. The first-order valence-electron chi connectivity index (χ1n) is 5.20. The van der Waals surface area contributed by atoms with Crippen LogP contribution < -0.4 is 0 Å². The Kier molecular flexibility index (Phi) is 7.92. The molecule has 0 atom stereocenters. The van der Waals surface area contributed by atoms with Crippen LogP contribution in [0.5, 0.6) is 0 Å². The summed E-state index contributed by atoms with van der Waals surface area (Å²) >= 11 is 0. The largest absolute Gasteiger partial charge is 0.508 e. The first-order chi connectivity index (χ1) is 7.45. The third-order valence-corrected chi connectivity index (χ3v) is 2.46. The molecule has 0 bridgehead atoms. The summed E-state index contributed by atoms with van der Waals surface area (Å²) in [4.78, 5) is 10.8. The molecule has 0 saturated heterocycles. The Labute approximate surface area is 95.7 Å². The van der Waals surface area contributed by atoms with E-state index in [0.29, 0.717) is 0 Å². The minimum Gasteiger partial charge on any atom is -0.434 e. The van der Waals surface area contributed by atoms with E-state index < -0.39 is 28.6 Å². The maximum Gasteiger partial charge on any atom is 0.508 e. The second-order valence-corrected chi connectivity index (χ2v) is 4.87. The fourth-order valence-corrected chi connectivity index (χ4v) is 1.25. The van der Waals surface area contributed by atoms with Gasteiger partial charge in [0.15, 0.2) is 0 Å². The van der Waals surface area contributed by atoms with Crippen molar-refractivity contribution in [3.05, 3.63) is 0 Å². The van der Waals surface area contributed by atoms with Gasteiger partial charge in [0.05, 0.1) is 6.61 Å². The van der Waals surface area contributed by atoms with Crippen molar-refractivity contribution in [2.24, 2.45) is 0 Å². The molecule has 0 radical (unpaired) electrons. The van der Waals surface area contributed by atoms with Gasteiger partial charge in [-0.15, -0.1) is 0 Å². The van der Waals surface area contributed by atoms with E-state index >= 15 is 0 Å². The molecule has 0 unspecified atom stereocenters. The summed E-state index contributed by atoms with van der Waals surface area (Å²) in [6, 6.07) is 0. The van der Waals surface area contributed by atoms with Crippen LogP contribution in [0.25, 0.3) is 0 Å². The van der Waals surface area contributed by atoms with E-state index in [9.17, 15) is 13.2 Å². The zero-order valence-corrected chi connectivity index (χ0v) is 10.2. The molecule has 16 heavy (non-hydrogen) atoms. The van der Waals surface area contributed by atoms with Crippen molar-refractivity contribution in [2.45, 2.75) is 32.6 Å². The molecule has 0 aliphatic heterocycles. The number of ether oxygens (including phenoxy) is 2. The molecule has 0 heterocycles. The number of hydrogen-bond donors (Lipinski definition) is 1. The van der Waals surface area contributed by atoms with Gasteiger partial charge in [-0.25, -0.2) is 4.79 Å². The van der Waals surface area contributed by atoms with Crippen LogP contribution in [0.4, 0.5) is 4.79 Å². The molecule has 0 aromatic heterocycles. The van der Waals surface area contributed by atoms with E-state index in [-0.39, 0.29) is 6.61 Å². The van der Waals surface area contributed by atoms with Crippen molar-refractivity contribution in [1.29, 1.82) is 0 Å². The fourth-order valence-electron chi connectivity index (χ4n) is 0.956. The quantitative estimate of drug-likeness (QED) is 0.402. The van der Waals surface area contributed by atoms with Gasteiger partial charge in [-0.1, -0.05) is 26.2 Å². The molecule has 0 spiro atoms. The Bertz CT molecular complexity index is 284. The summed E-state index contributed by atoms with van der Waals surface area (Å²) in [7, 11) is -4.09. The number of rotatable bonds is 8. The van der Waals surface area contributed by atoms with Crippen molar-refractivity contribution >= 4 is 16.3 Å². The second kappa shape index (κ2) is 8.35. The lowest BCUT2D eigenvalue weighted by molar-refractivity contribution is 0.0582. The van der Waals surface area contributed by atoms with Gasteiger partial charge in [0, 0.05) is 0 Å². The van der Waals surface area contributed by atoms with E-state index in [0.717, 1.165) is 25.7 Å². The second-order valence-electron chi connectivity index (χ2n) is 3.29. The maximum atomic E-state index is 10.8. The summed E-state index contributed by atoms with van der Waals surface area (Å²) < 4.78 is 38.0. The topological polar surface area (TPSA) is 89.9 Å². The zero-order chi connectivity index (χ0) is 12.4. The Morgan fingerprint density at radius 3 is 2.31 bits per heavy atom. The number of hydrogen-bond acceptors (Lipinski definition) is 5. The van der Waals surface area contributed by atoms with Crippen LogP contribution in [-0.4, -0.2) is 38.1 Å². The van der Waals surface area contributed by atoms with Crippen molar-refractivity contribution in [3.8, 4) is 0 Å². The van der Waals surface area contributed by atoms with Gasteiger partial charge in [0.1, 0.15) is 12.4 Å². The molecular formula is C9H18O6S. The normalized spacial score (nSPS) is 11.1. The average molecular weight is 254 g/mol. The molecule has 0 amide bonds. The first kappa shape index (κ1) is 15.2. The van der Waals surface area contributed by atoms with E-state index in [2.05, 4.69) is 16.4 Å². The highest BCUT2D eigenvalue weighted by Crippen LogP contribution is 1.99. The highest BCUT2D eigenvalue weighted by atomic mass is 32.2. The van der Waals surface area contributed by atoms with Crippen molar-refractivity contribution < 1.29 is 27.2 Å². The highest BCUT2D eigenvalue weighted by molar-refractivity contribution is 7.85. The summed E-state index contributed by atoms with van der Waals surface area (Å²) in [5.74, 6) is -0.613. The minimum atomic E-state index is -4.09. The Morgan fingerprint density at radius 1 is 1.12 bits per heavy atom. The standard InChI is InChI=1S/C9H18O6S/c1-2-3-4-5-6-14-9(10)15-7-8-16(11,12)13/h2-8H2,1H3,(H,11,12,13). The van der Waals surface area contributed by atoms with Crippen molar-refractivity contribution in [2.75, 3.05) is 19.0 Å². The molecule has 0 saturated carbocycles. The van der Waals surface area contributed by atoms with Gasteiger partial charge >= 0.3 is 6.16 Å². The predicted molar refractivity (Wildman–Crippen MR) is 57.9 cm³/mol. The third kappa shape index (κ3) is 11.3. The molecule has 0 aromatic rings.